The molecule has 4 nitrogen and oxygen atoms in total. The summed E-state index contributed by atoms with van der Waals surface area (Å²) in [7, 11) is 0. The number of aromatic nitrogens is 3. The molecule has 14 heavy (non-hydrogen) atoms. The van der Waals surface area contributed by atoms with Crippen LogP contribution in [0.2, 0.25) is 5.15 Å². The monoisotopic (exact) mass is 228 g/mol. The highest BCUT2D eigenvalue weighted by atomic mass is 35.5. The fourth-order valence-electron chi connectivity index (χ4n) is 1.12. The number of hydrogen-bond acceptors (Lipinski definition) is 4. The number of thiazole rings is 1. The molecule has 2 N–H and O–H groups in total. The third-order valence-corrected chi connectivity index (χ3v) is 3.28. The van der Waals surface area contributed by atoms with Crippen molar-refractivity contribution in [2.24, 2.45) is 0 Å². The molecule has 0 radical (unpaired) electrons. The van der Waals surface area contributed by atoms with Crippen LogP contribution >= 0.6 is 22.9 Å². The highest BCUT2D eigenvalue weighted by Gasteiger charge is 2.08. The zero-order chi connectivity index (χ0) is 10.1. The Hall–Kier alpha value is -1.07. The molecule has 0 aliphatic rings. The van der Waals surface area contributed by atoms with Gasteiger partial charge in [-0.05, 0) is 6.92 Å². The van der Waals surface area contributed by atoms with Gasteiger partial charge in [0.05, 0.1) is 34.5 Å². The Morgan fingerprint density at radius 2 is 2.43 bits per heavy atom. The topological polar surface area (TPSA) is 56.7 Å². The van der Waals surface area contributed by atoms with E-state index in [0.29, 0.717) is 17.4 Å². The Morgan fingerprint density at radius 3 is 2.93 bits per heavy atom. The molecule has 2 aromatic heterocycles. The minimum Gasteiger partial charge on any atom is -0.396 e. The van der Waals surface area contributed by atoms with Gasteiger partial charge in [-0.2, -0.15) is 5.10 Å². The van der Waals surface area contributed by atoms with E-state index < -0.39 is 0 Å². The second kappa shape index (κ2) is 3.59. The van der Waals surface area contributed by atoms with Crippen molar-refractivity contribution in [3.8, 4) is 0 Å². The van der Waals surface area contributed by atoms with Gasteiger partial charge in [-0.25, -0.2) is 4.98 Å². The summed E-state index contributed by atoms with van der Waals surface area (Å²) in [6.07, 6.45) is 1.64. The summed E-state index contributed by atoms with van der Waals surface area (Å²) in [5.41, 5.74) is 9.05. The lowest BCUT2D eigenvalue weighted by Crippen LogP contribution is -2.03. The minimum absolute atomic E-state index is 0.545. The molecule has 0 spiro atoms. The van der Waals surface area contributed by atoms with E-state index in [9.17, 15) is 0 Å². The molecule has 2 aromatic rings. The smallest absolute Gasteiger partial charge is 0.145 e. The lowest BCUT2D eigenvalue weighted by atomic mass is 10.4. The van der Waals surface area contributed by atoms with Crippen molar-refractivity contribution >= 4 is 28.6 Å². The molecule has 0 atom stereocenters. The van der Waals surface area contributed by atoms with Crippen molar-refractivity contribution in [3.05, 3.63) is 27.4 Å². The van der Waals surface area contributed by atoms with Crippen molar-refractivity contribution in [2.45, 2.75) is 13.5 Å². The van der Waals surface area contributed by atoms with Crippen LogP contribution in [0, 0.1) is 6.92 Å². The predicted molar refractivity (Wildman–Crippen MR) is 57.6 cm³/mol. The van der Waals surface area contributed by atoms with Gasteiger partial charge in [-0.15, -0.1) is 11.3 Å². The first-order valence-corrected chi connectivity index (χ1v) is 5.30. The first kappa shape index (κ1) is 9.48. The van der Waals surface area contributed by atoms with Crippen molar-refractivity contribution in [1.29, 1.82) is 0 Å². The van der Waals surface area contributed by atoms with E-state index in [0.717, 1.165) is 10.6 Å². The summed E-state index contributed by atoms with van der Waals surface area (Å²) in [4.78, 5) is 4.96. The van der Waals surface area contributed by atoms with Crippen LogP contribution in [0.5, 0.6) is 0 Å². The molecule has 0 saturated carbocycles. The van der Waals surface area contributed by atoms with Gasteiger partial charge in [0.25, 0.3) is 0 Å². The molecule has 2 heterocycles. The maximum atomic E-state index is 5.88. The first-order valence-electron chi connectivity index (χ1n) is 4.04. The van der Waals surface area contributed by atoms with E-state index in [-0.39, 0.29) is 0 Å². The van der Waals surface area contributed by atoms with Crippen LogP contribution in [-0.4, -0.2) is 14.8 Å². The number of anilines is 1. The van der Waals surface area contributed by atoms with Gasteiger partial charge >= 0.3 is 0 Å². The zero-order valence-electron chi connectivity index (χ0n) is 7.57. The molecule has 74 valence electrons. The number of halogens is 1. The number of nitrogens with two attached hydrogens (primary N) is 1. The maximum absolute atomic E-state index is 5.88. The second-order valence-corrected chi connectivity index (χ2v) is 4.21. The van der Waals surface area contributed by atoms with Crippen LogP contribution in [0.15, 0.2) is 11.7 Å². The van der Waals surface area contributed by atoms with E-state index in [4.69, 9.17) is 17.3 Å². The molecule has 0 aliphatic heterocycles. The third kappa shape index (κ3) is 1.60. The molecule has 0 unspecified atom stereocenters. The van der Waals surface area contributed by atoms with Crippen LogP contribution in [0.1, 0.15) is 10.6 Å². The molecule has 0 aliphatic carbocycles. The zero-order valence-corrected chi connectivity index (χ0v) is 9.14. The van der Waals surface area contributed by atoms with Crippen LogP contribution in [-0.2, 0) is 6.54 Å². The van der Waals surface area contributed by atoms with Crippen LogP contribution in [0.4, 0.5) is 5.69 Å². The molecule has 2 rings (SSSR count). The van der Waals surface area contributed by atoms with E-state index in [1.54, 1.807) is 11.7 Å². The van der Waals surface area contributed by atoms with Gasteiger partial charge in [0.1, 0.15) is 5.15 Å². The van der Waals surface area contributed by atoms with Crippen LogP contribution in [0.25, 0.3) is 0 Å². The minimum atomic E-state index is 0.545. The normalized spacial score (nSPS) is 10.7. The Kier molecular flexibility index (Phi) is 2.43. The van der Waals surface area contributed by atoms with E-state index >= 15 is 0 Å². The summed E-state index contributed by atoms with van der Waals surface area (Å²) < 4.78 is 1.81. The fourth-order valence-corrected chi connectivity index (χ4v) is 2.05. The summed E-state index contributed by atoms with van der Waals surface area (Å²) in [5.74, 6) is 0. The number of rotatable bonds is 2. The van der Waals surface area contributed by atoms with Gasteiger partial charge in [0, 0.05) is 0 Å². The Balaban J connectivity index is 2.27. The Bertz CT molecular complexity index is 448. The van der Waals surface area contributed by atoms with Gasteiger partial charge in [0.2, 0.25) is 0 Å². The molecular weight excluding hydrogens is 220 g/mol. The molecular formula is C8H9ClN4S. The molecule has 0 bridgehead atoms. The van der Waals surface area contributed by atoms with E-state index in [2.05, 4.69) is 10.1 Å². The van der Waals surface area contributed by atoms with Crippen molar-refractivity contribution in [3.63, 3.8) is 0 Å². The average molecular weight is 229 g/mol. The van der Waals surface area contributed by atoms with Gasteiger partial charge in [0.15, 0.2) is 0 Å². The Labute approximate surface area is 90.3 Å². The highest BCUT2D eigenvalue weighted by molar-refractivity contribution is 7.10. The SMILES string of the molecule is Cc1c(N)cnn1Cc1scnc1Cl. The highest BCUT2D eigenvalue weighted by Crippen LogP contribution is 2.20. The average Bonchev–Trinajstić information content (AvgIpc) is 2.68. The van der Waals surface area contributed by atoms with Crippen molar-refractivity contribution in [1.82, 2.24) is 14.8 Å². The van der Waals surface area contributed by atoms with E-state index in [1.165, 1.54) is 11.3 Å². The second-order valence-electron chi connectivity index (χ2n) is 2.91. The van der Waals surface area contributed by atoms with Gasteiger partial charge in [-0.1, -0.05) is 11.6 Å². The summed E-state index contributed by atoms with van der Waals surface area (Å²) in [6.45, 7) is 2.56. The van der Waals surface area contributed by atoms with E-state index in [1.807, 2.05) is 11.6 Å². The lowest BCUT2D eigenvalue weighted by Gasteiger charge is -2.01. The predicted octanol–water partition coefficient (Wildman–Crippen LogP) is 1.93. The van der Waals surface area contributed by atoms with Crippen LogP contribution in [0.3, 0.4) is 0 Å². The van der Waals surface area contributed by atoms with Crippen LogP contribution < -0.4 is 5.73 Å². The van der Waals surface area contributed by atoms with Gasteiger partial charge < -0.3 is 5.73 Å². The largest absolute Gasteiger partial charge is 0.396 e. The van der Waals surface area contributed by atoms with Crippen molar-refractivity contribution < 1.29 is 0 Å². The first-order chi connectivity index (χ1) is 6.68. The van der Waals surface area contributed by atoms with Crippen molar-refractivity contribution in [2.75, 3.05) is 5.73 Å². The fraction of sp³-hybridized carbons (Fsp3) is 0.250. The third-order valence-electron chi connectivity index (χ3n) is 2.03. The molecule has 6 heteroatoms. The number of hydrogen-bond donors (Lipinski definition) is 1. The molecule has 0 saturated heterocycles. The summed E-state index contributed by atoms with van der Waals surface area (Å²) in [6, 6.07) is 0. The molecule has 0 amide bonds. The maximum Gasteiger partial charge on any atom is 0.145 e. The Morgan fingerprint density at radius 1 is 1.64 bits per heavy atom. The molecule has 0 fully saturated rings. The molecule has 0 aromatic carbocycles. The quantitative estimate of drug-likeness (QED) is 0.855. The summed E-state index contributed by atoms with van der Waals surface area (Å²) in [5, 5.41) is 4.69. The standard InChI is InChI=1S/C8H9ClN4S/c1-5-6(10)2-12-13(5)3-7-8(9)11-4-14-7/h2,4H,3,10H2,1H3. The number of nitrogen functional groups attached to an aromatic ring is 1. The van der Waals surface area contributed by atoms with Gasteiger partial charge in [-0.3, -0.25) is 4.68 Å². The number of nitrogens with zero attached hydrogens (tertiary/aromatic N) is 3. The lowest BCUT2D eigenvalue weighted by molar-refractivity contribution is 0.672. The summed E-state index contributed by atoms with van der Waals surface area (Å²) >= 11 is 7.39.